The zero-order valence-corrected chi connectivity index (χ0v) is 21.0. The second-order valence-electron chi connectivity index (χ2n) is 8.60. The number of methoxy groups -OCH3 is 1. The number of rotatable bonds is 8. The number of nitrogens with zero attached hydrogens (tertiary/aromatic N) is 5. The Balaban J connectivity index is 2.12. The largest absolute Gasteiger partial charge is 0.480 e. The SMILES string of the molecule is CC[C@@H](CN(C)S(C)(=O)=O)n1cc(C)c2nc(-c3ccc(C(C)C)nc3OC)c(C)nc21. The van der Waals surface area contributed by atoms with Crippen molar-refractivity contribution in [1.29, 1.82) is 0 Å². The highest BCUT2D eigenvalue weighted by molar-refractivity contribution is 7.88. The van der Waals surface area contributed by atoms with E-state index in [4.69, 9.17) is 14.7 Å². The van der Waals surface area contributed by atoms with Crippen molar-refractivity contribution in [3.63, 3.8) is 0 Å². The maximum absolute atomic E-state index is 11.9. The lowest BCUT2D eigenvalue weighted by atomic mass is 10.1. The number of aryl methyl sites for hydroxylation is 2. The van der Waals surface area contributed by atoms with Gasteiger partial charge in [0.05, 0.1) is 30.3 Å². The van der Waals surface area contributed by atoms with E-state index in [1.165, 1.54) is 10.6 Å². The fourth-order valence-electron chi connectivity index (χ4n) is 3.77. The molecule has 3 rings (SSSR count). The van der Waals surface area contributed by atoms with Gasteiger partial charge in [-0.2, -0.15) is 0 Å². The molecule has 0 spiro atoms. The lowest BCUT2D eigenvalue weighted by Gasteiger charge is -2.23. The Bertz CT molecular complexity index is 1230. The van der Waals surface area contributed by atoms with Crippen LogP contribution in [0.5, 0.6) is 5.88 Å². The number of pyridine rings is 1. The predicted octanol–water partition coefficient (Wildman–Crippen LogP) is 4.08. The number of sulfonamides is 1. The van der Waals surface area contributed by atoms with Crippen LogP contribution in [0.3, 0.4) is 0 Å². The summed E-state index contributed by atoms with van der Waals surface area (Å²) in [7, 11) is -0.0507. The summed E-state index contributed by atoms with van der Waals surface area (Å²) in [6.07, 6.45) is 4.00. The quantitative estimate of drug-likeness (QED) is 0.504. The highest BCUT2D eigenvalue weighted by atomic mass is 32.2. The van der Waals surface area contributed by atoms with Gasteiger partial charge in [0, 0.05) is 31.5 Å². The Labute approximate surface area is 190 Å². The van der Waals surface area contributed by atoms with Crippen LogP contribution < -0.4 is 4.74 Å². The Morgan fingerprint density at radius 1 is 1.16 bits per heavy atom. The summed E-state index contributed by atoms with van der Waals surface area (Å²) in [5.74, 6) is 0.825. The molecular weight excluding hydrogens is 426 g/mol. The number of hydrogen-bond acceptors (Lipinski definition) is 6. The molecule has 0 saturated carbocycles. The van der Waals surface area contributed by atoms with Crippen LogP contribution >= 0.6 is 0 Å². The number of hydrogen-bond donors (Lipinski definition) is 0. The third-order valence-electron chi connectivity index (χ3n) is 5.82. The van der Waals surface area contributed by atoms with Crippen molar-refractivity contribution < 1.29 is 13.2 Å². The summed E-state index contributed by atoms with van der Waals surface area (Å²) >= 11 is 0. The molecule has 0 amide bonds. The van der Waals surface area contributed by atoms with Crippen molar-refractivity contribution in [3.05, 3.63) is 35.3 Å². The van der Waals surface area contributed by atoms with Crippen molar-refractivity contribution in [2.75, 3.05) is 27.0 Å². The number of aromatic nitrogens is 4. The summed E-state index contributed by atoms with van der Waals surface area (Å²) in [6.45, 7) is 10.5. The van der Waals surface area contributed by atoms with Crippen LogP contribution in [0.2, 0.25) is 0 Å². The first-order chi connectivity index (χ1) is 15.0. The first-order valence-electron chi connectivity index (χ1n) is 10.8. The van der Waals surface area contributed by atoms with Crippen LogP contribution in [0.1, 0.15) is 56.1 Å². The minimum Gasteiger partial charge on any atom is -0.480 e. The maximum Gasteiger partial charge on any atom is 0.222 e. The van der Waals surface area contributed by atoms with Crippen LogP contribution in [0.25, 0.3) is 22.4 Å². The summed E-state index contributed by atoms with van der Waals surface area (Å²) in [5.41, 5.74) is 5.80. The molecule has 3 aromatic heterocycles. The fraction of sp³-hybridized carbons (Fsp3) is 0.522. The van der Waals surface area contributed by atoms with Crippen molar-refractivity contribution in [2.24, 2.45) is 0 Å². The minimum absolute atomic E-state index is 0.0491. The molecule has 8 nitrogen and oxygen atoms in total. The Hall–Kier alpha value is -2.52. The van der Waals surface area contributed by atoms with Crippen LogP contribution in [0.15, 0.2) is 18.3 Å². The lowest BCUT2D eigenvalue weighted by Crippen LogP contribution is -2.32. The van der Waals surface area contributed by atoms with Crippen LogP contribution in [-0.4, -0.2) is 59.2 Å². The van der Waals surface area contributed by atoms with E-state index >= 15 is 0 Å². The van der Waals surface area contributed by atoms with Crippen LogP contribution in [-0.2, 0) is 10.0 Å². The van der Waals surface area contributed by atoms with Crippen LogP contribution in [0, 0.1) is 13.8 Å². The van der Waals surface area contributed by atoms with Crippen molar-refractivity contribution in [3.8, 4) is 17.1 Å². The molecule has 3 heterocycles. The molecule has 0 aliphatic heterocycles. The zero-order chi connectivity index (χ0) is 23.8. The van der Waals surface area contributed by atoms with Crippen molar-refractivity contribution in [1.82, 2.24) is 23.8 Å². The predicted molar refractivity (Wildman–Crippen MR) is 128 cm³/mol. The molecule has 9 heteroatoms. The molecule has 0 unspecified atom stereocenters. The Morgan fingerprint density at radius 2 is 1.84 bits per heavy atom. The molecule has 32 heavy (non-hydrogen) atoms. The van der Waals surface area contributed by atoms with E-state index in [1.54, 1.807) is 14.2 Å². The smallest absolute Gasteiger partial charge is 0.222 e. The third kappa shape index (κ3) is 4.63. The van der Waals surface area contributed by atoms with E-state index in [1.807, 2.05) is 43.7 Å². The van der Waals surface area contributed by atoms with Gasteiger partial charge in [-0.1, -0.05) is 20.8 Å². The van der Waals surface area contributed by atoms with Gasteiger partial charge in [0.2, 0.25) is 15.9 Å². The van der Waals surface area contributed by atoms with Gasteiger partial charge < -0.3 is 9.30 Å². The molecule has 0 fully saturated rings. The minimum atomic E-state index is -3.27. The second kappa shape index (κ2) is 9.15. The van der Waals surface area contributed by atoms with Gasteiger partial charge in [0.25, 0.3) is 0 Å². The van der Waals surface area contributed by atoms with Gasteiger partial charge in [-0.05, 0) is 43.9 Å². The standard InChI is InChI=1S/C23H33N5O3S/c1-9-17(13-27(6)32(8,29)30)28-12-15(4)20-22(28)24-16(5)21(26-20)18-10-11-19(14(2)3)25-23(18)31-7/h10-12,14,17H,9,13H2,1-8H3/t17-/m0/s1. The van der Waals surface area contributed by atoms with Gasteiger partial charge in [-0.3, -0.25) is 0 Å². The maximum atomic E-state index is 11.9. The first-order valence-corrected chi connectivity index (χ1v) is 12.6. The second-order valence-corrected chi connectivity index (χ2v) is 10.7. The summed E-state index contributed by atoms with van der Waals surface area (Å²) < 4.78 is 32.9. The molecule has 0 aliphatic carbocycles. The number of ether oxygens (including phenoxy) is 1. The van der Waals surface area contributed by atoms with Crippen LogP contribution in [0.4, 0.5) is 0 Å². The molecular formula is C23H33N5O3S. The van der Waals surface area contributed by atoms with E-state index in [9.17, 15) is 8.42 Å². The average Bonchev–Trinajstić information content (AvgIpc) is 3.05. The van der Waals surface area contributed by atoms with Crippen molar-refractivity contribution >= 4 is 21.2 Å². The van der Waals surface area contributed by atoms with E-state index in [-0.39, 0.29) is 6.04 Å². The van der Waals surface area contributed by atoms with Gasteiger partial charge in [-0.25, -0.2) is 27.7 Å². The number of likely N-dealkylation sites (N-methyl/N-ethyl adjacent to an activating group) is 1. The fourth-order valence-corrected chi connectivity index (χ4v) is 4.22. The molecule has 0 N–H and O–H groups in total. The van der Waals surface area contributed by atoms with Crippen molar-refractivity contribution in [2.45, 2.75) is 53.0 Å². The molecule has 1 atom stereocenters. The highest BCUT2D eigenvalue weighted by Gasteiger charge is 2.23. The summed E-state index contributed by atoms with van der Waals surface area (Å²) in [4.78, 5) is 14.5. The molecule has 0 saturated heterocycles. The van der Waals surface area contributed by atoms with E-state index < -0.39 is 10.0 Å². The molecule has 0 radical (unpaired) electrons. The molecule has 3 aromatic rings. The highest BCUT2D eigenvalue weighted by Crippen LogP contribution is 2.33. The molecule has 0 aromatic carbocycles. The Morgan fingerprint density at radius 3 is 2.41 bits per heavy atom. The van der Waals surface area contributed by atoms with E-state index in [0.717, 1.165) is 45.8 Å². The Kier molecular flexibility index (Phi) is 6.90. The third-order valence-corrected chi connectivity index (χ3v) is 7.10. The van der Waals surface area contributed by atoms with Gasteiger partial charge in [0.15, 0.2) is 5.65 Å². The topological polar surface area (TPSA) is 90.2 Å². The summed E-state index contributed by atoms with van der Waals surface area (Å²) in [5, 5.41) is 0. The average molecular weight is 460 g/mol. The zero-order valence-electron chi connectivity index (χ0n) is 20.2. The van der Waals surface area contributed by atoms with Gasteiger partial charge >= 0.3 is 0 Å². The van der Waals surface area contributed by atoms with E-state index in [0.29, 0.717) is 18.3 Å². The lowest BCUT2D eigenvalue weighted by molar-refractivity contribution is 0.375. The summed E-state index contributed by atoms with van der Waals surface area (Å²) in [6, 6.07) is 3.94. The van der Waals surface area contributed by atoms with Gasteiger partial charge in [-0.15, -0.1) is 0 Å². The normalized spacial score (nSPS) is 13.3. The van der Waals surface area contributed by atoms with Gasteiger partial charge in [0.1, 0.15) is 5.52 Å². The van der Waals surface area contributed by atoms with E-state index in [2.05, 4.69) is 18.8 Å². The first kappa shape index (κ1) is 24.1. The monoisotopic (exact) mass is 459 g/mol. The molecule has 0 bridgehead atoms. The molecule has 174 valence electrons. The molecule has 0 aliphatic rings. The number of fused-ring (bicyclic) bond motifs is 1.